The second-order valence-electron chi connectivity index (χ2n) is 7.38. The Morgan fingerprint density at radius 3 is 2.66 bits per heavy atom. The third-order valence-corrected chi connectivity index (χ3v) is 5.99. The van der Waals surface area contributed by atoms with Gasteiger partial charge in [0.1, 0.15) is 0 Å². The average Bonchev–Trinajstić information content (AvgIpc) is 3.18. The standard InChI is InChI=1S/C23H21ClF3N5O2S/c1-3-9-32-19(12-28-21(34)15-6-4-5-14(2)10-15)30-31-22(32)35-13-20(33)29-18-11-16(23(25,26)27)7-8-17(18)24/h3-8,10-11H,1,9,12-13H2,2H3,(H,28,34)(H,29,33). The van der Waals surface area contributed by atoms with Crippen LogP contribution >= 0.6 is 23.4 Å². The first kappa shape index (κ1) is 26.3. The van der Waals surface area contributed by atoms with Gasteiger partial charge in [0.05, 0.1) is 28.6 Å². The minimum Gasteiger partial charge on any atom is -0.345 e. The summed E-state index contributed by atoms with van der Waals surface area (Å²) in [6.07, 6.45) is -2.95. The van der Waals surface area contributed by atoms with Crippen molar-refractivity contribution < 1.29 is 22.8 Å². The number of aryl methyl sites for hydroxylation is 1. The molecule has 0 radical (unpaired) electrons. The van der Waals surface area contributed by atoms with Crippen molar-refractivity contribution in [1.29, 1.82) is 0 Å². The summed E-state index contributed by atoms with van der Waals surface area (Å²) in [5, 5.41) is 13.7. The lowest BCUT2D eigenvalue weighted by molar-refractivity contribution is -0.137. The number of carbonyl (C=O) groups excluding carboxylic acids is 2. The number of amides is 2. The maximum atomic E-state index is 12.9. The van der Waals surface area contributed by atoms with E-state index in [2.05, 4.69) is 27.4 Å². The first-order valence-corrected chi connectivity index (χ1v) is 11.6. The van der Waals surface area contributed by atoms with E-state index in [-0.39, 0.29) is 28.9 Å². The smallest absolute Gasteiger partial charge is 0.345 e. The molecule has 0 fully saturated rings. The van der Waals surface area contributed by atoms with Gasteiger partial charge in [-0.2, -0.15) is 13.2 Å². The van der Waals surface area contributed by atoms with Crippen molar-refractivity contribution in [3.63, 3.8) is 0 Å². The van der Waals surface area contributed by atoms with Gasteiger partial charge in [-0.05, 0) is 37.3 Å². The molecule has 0 aliphatic heterocycles. The van der Waals surface area contributed by atoms with Crippen LogP contribution in [0.3, 0.4) is 0 Å². The number of halogens is 4. The normalized spacial score (nSPS) is 11.2. The zero-order valence-electron chi connectivity index (χ0n) is 18.5. The van der Waals surface area contributed by atoms with Crippen molar-refractivity contribution >= 4 is 40.9 Å². The molecule has 1 aromatic heterocycles. The van der Waals surface area contributed by atoms with E-state index in [9.17, 15) is 22.8 Å². The Hall–Kier alpha value is -3.31. The molecule has 3 aromatic rings. The van der Waals surface area contributed by atoms with E-state index in [1.165, 1.54) is 0 Å². The number of allylic oxidation sites excluding steroid dienone is 1. The number of carbonyl (C=O) groups is 2. The zero-order valence-corrected chi connectivity index (χ0v) is 20.1. The van der Waals surface area contributed by atoms with Gasteiger partial charge in [-0.15, -0.1) is 16.8 Å². The molecule has 2 N–H and O–H groups in total. The molecule has 3 rings (SSSR count). The van der Waals surface area contributed by atoms with Crippen LogP contribution in [0.2, 0.25) is 5.02 Å². The molecule has 0 spiro atoms. The van der Waals surface area contributed by atoms with Gasteiger partial charge in [0, 0.05) is 12.1 Å². The predicted octanol–water partition coefficient (Wildman–Crippen LogP) is 5.11. The number of thioether (sulfide) groups is 1. The molecule has 0 unspecified atom stereocenters. The van der Waals surface area contributed by atoms with Crippen molar-refractivity contribution in [3.8, 4) is 0 Å². The molecule has 0 aliphatic carbocycles. The van der Waals surface area contributed by atoms with E-state index in [0.29, 0.717) is 23.1 Å². The molecule has 2 aromatic carbocycles. The van der Waals surface area contributed by atoms with Gasteiger partial charge in [0.25, 0.3) is 5.91 Å². The predicted molar refractivity (Wildman–Crippen MR) is 128 cm³/mol. The summed E-state index contributed by atoms with van der Waals surface area (Å²) < 4.78 is 40.5. The SMILES string of the molecule is C=CCn1c(CNC(=O)c2cccc(C)c2)nnc1SCC(=O)Nc1cc(C(F)(F)F)ccc1Cl. The van der Waals surface area contributed by atoms with Crippen molar-refractivity contribution in [2.45, 2.75) is 31.3 Å². The third kappa shape index (κ3) is 7.09. The third-order valence-electron chi connectivity index (χ3n) is 4.69. The van der Waals surface area contributed by atoms with E-state index in [1.54, 1.807) is 28.8 Å². The van der Waals surface area contributed by atoms with Crippen LogP contribution in [0.4, 0.5) is 18.9 Å². The van der Waals surface area contributed by atoms with Gasteiger partial charge in [-0.25, -0.2) is 0 Å². The minimum absolute atomic E-state index is 0.0159. The Labute approximate surface area is 208 Å². The lowest BCUT2D eigenvalue weighted by atomic mass is 10.1. The number of anilines is 1. The van der Waals surface area contributed by atoms with Gasteiger partial charge in [0.15, 0.2) is 11.0 Å². The summed E-state index contributed by atoms with van der Waals surface area (Å²) in [4.78, 5) is 24.8. The van der Waals surface area contributed by atoms with Crippen molar-refractivity contribution in [1.82, 2.24) is 20.1 Å². The summed E-state index contributed by atoms with van der Waals surface area (Å²) in [6, 6.07) is 9.83. The molecule has 2 amide bonds. The molecule has 0 atom stereocenters. The topological polar surface area (TPSA) is 88.9 Å². The molecule has 0 aliphatic rings. The Kier molecular flexibility index (Phi) is 8.57. The van der Waals surface area contributed by atoms with E-state index in [4.69, 9.17) is 11.6 Å². The fourth-order valence-corrected chi connectivity index (χ4v) is 3.96. The fourth-order valence-electron chi connectivity index (χ4n) is 3.03. The van der Waals surface area contributed by atoms with Gasteiger partial charge >= 0.3 is 6.18 Å². The molecule has 7 nitrogen and oxygen atoms in total. The van der Waals surface area contributed by atoms with Crippen molar-refractivity contribution in [3.05, 3.63) is 82.7 Å². The van der Waals surface area contributed by atoms with E-state index in [0.717, 1.165) is 35.5 Å². The Bertz CT molecular complexity index is 1250. The number of hydrogen-bond acceptors (Lipinski definition) is 5. The van der Waals surface area contributed by atoms with E-state index in [1.807, 2.05) is 13.0 Å². The van der Waals surface area contributed by atoms with E-state index >= 15 is 0 Å². The Morgan fingerprint density at radius 1 is 1.20 bits per heavy atom. The lowest BCUT2D eigenvalue weighted by Crippen LogP contribution is -2.25. The highest BCUT2D eigenvalue weighted by atomic mass is 35.5. The number of rotatable bonds is 9. The molecule has 0 bridgehead atoms. The second-order valence-corrected chi connectivity index (χ2v) is 8.73. The first-order chi connectivity index (χ1) is 16.6. The zero-order chi connectivity index (χ0) is 25.6. The first-order valence-electron chi connectivity index (χ1n) is 10.3. The minimum atomic E-state index is -4.56. The molecule has 12 heteroatoms. The summed E-state index contributed by atoms with van der Waals surface area (Å²) in [7, 11) is 0. The number of benzene rings is 2. The van der Waals surface area contributed by atoms with Gasteiger partial charge in [-0.1, -0.05) is 47.1 Å². The largest absolute Gasteiger partial charge is 0.416 e. The molecule has 184 valence electrons. The average molecular weight is 524 g/mol. The molecule has 0 saturated heterocycles. The maximum absolute atomic E-state index is 12.9. The van der Waals surface area contributed by atoms with Gasteiger partial charge in [0.2, 0.25) is 5.91 Å². The van der Waals surface area contributed by atoms with Crippen LogP contribution in [-0.4, -0.2) is 32.3 Å². The highest BCUT2D eigenvalue weighted by molar-refractivity contribution is 7.99. The van der Waals surface area contributed by atoms with Crippen LogP contribution in [-0.2, 0) is 24.1 Å². The quantitative estimate of drug-likeness (QED) is 0.301. The van der Waals surface area contributed by atoms with Crippen LogP contribution in [0.25, 0.3) is 0 Å². The number of nitrogens with one attached hydrogen (secondary N) is 2. The van der Waals surface area contributed by atoms with Crippen LogP contribution in [0, 0.1) is 6.92 Å². The maximum Gasteiger partial charge on any atom is 0.416 e. The summed E-state index contributed by atoms with van der Waals surface area (Å²) in [5.41, 5.74) is 0.405. The molecule has 35 heavy (non-hydrogen) atoms. The van der Waals surface area contributed by atoms with Crippen molar-refractivity contribution in [2.24, 2.45) is 0 Å². The monoisotopic (exact) mass is 523 g/mol. The van der Waals surface area contributed by atoms with Crippen LogP contribution < -0.4 is 10.6 Å². The number of alkyl halides is 3. The molecule has 1 heterocycles. The molecular formula is C23H21ClF3N5O2S. The molecular weight excluding hydrogens is 503 g/mol. The van der Waals surface area contributed by atoms with Crippen molar-refractivity contribution in [2.75, 3.05) is 11.1 Å². The van der Waals surface area contributed by atoms with Gasteiger partial charge in [-0.3, -0.25) is 9.59 Å². The van der Waals surface area contributed by atoms with Crippen LogP contribution in [0.5, 0.6) is 0 Å². The second kappa shape index (κ2) is 11.4. The Balaban J connectivity index is 1.64. The van der Waals surface area contributed by atoms with Crippen LogP contribution in [0.15, 0.2) is 60.3 Å². The highest BCUT2D eigenvalue weighted by Crippen LogP contribution is 2.34. The van der Waals surface area contributed by atoms with Gasteiger partial charge < -0.3 is 15.2 Å². The fraction of sp³-hybridized carbons (Fsp3) is 0.217. The Morgan fingerprint density at radius 2 is 1.97 bits per heavy atom. The summed E-state index contributed by atoms with van der Waals surface area (Å²) in [5.74, 6) is -0.542. The number of hydrogen-bond donors (Lipinski definition) is 2. The lowest BCUT2D eigenvalue weighted by Gasteiger charge is -2.12. The van der Waals surface area contributed by atoms with E-state index < -0.39 is 17.6 Å². The molecule has 0 saturated carbocycles. The summed E-state index contributed by atoms with van der Waals surface area (Å²) in [6.45, 7) is 6.01. The number of aromatic nitrogens is 3. The number of nitrogens with zero attached hydrogens (tertiary/aromatic N) is 3. The van der Waals surface area contributed by atoms with Crippen LogP contribution in [0.1, 0.15) is 27.3 Å². The highest BCUT2D eigenvalue weighted by Gasteiger charge is 2.31. The summed E-state index contributed by atoms with van der Waals surface area (Å²) >= 11 is 6.96.